The van der Waals surface area contributed by atoms with Gasteiger partial charge in [0.1, 0.15) is 11.3 Å². The first-order valence-electron chi connectivity index (χ1n) is 8.99. The molecule has 2 aromatic carbocycles. The molecule has 3 rings (SSSR count). The van der Waals surface area contributed by atoms with Crippen molar-refractivity contribution in [2.24, 2.45) is 4.99 Å². The summed E-state index contributed by atoms with van der Waals surface area (Å²) in [7, 11) is 0. The number of nitrogens with one attached hydrogen (secondary N) is 1. The molecule has 0 amide bonds. The SMILES string of the molecule is CCOc1ccccc1-n1c(O)c(C(C)=NCc2ccccc2Br)c(=O)[nH]c1=O. The zero-order valence-electron chi connectivity index (χ0n) is 16.0. The minimum Gasteiger partial charge on any atom is -0.493 e. The molecule has 0 spiro atoms. The summed E-state index contributed by atoms with van der Waals surface area (Å²) in [5.41, 5.74) is 0.0314. The average molecular weight is 458 g/mol. The van der Waals surface area contributed by atoms with Crippen molar-refractivity contribution < 1.29 is 9.84 Å². The summed E-state index contributed by atoms with van der Waals surface area (Å²) in [6, 6.07) is 14.4. The lowest BCUT2D eigenvalue weighted by atomic mass is 10.2. The highest BCUT2D eigenvalue weighted by atomic mass is 79.9. The number of benzene rings is 2. The van der Waals surface area contributed by atoms with Crippen LogP contribution < -0.4 is 16.0 Å². The molecular weight excluding hydrogens is 438 g/mol. The van der Waals surface area contributed by atoms with Crippen molar-refractivity contribution in [2.75, 3.05) is 6.61 Å². The van der Waals surface area contributed by atoms with E-state index in [1.54, 1.807) is 31.2 Å². The normalized spacial score (nSPS) is 11.5. The second-order valence-electron chi connectivity index (χ2n) is 6.19. The van der Waals surface area contributed by atoms with Gasteiger partial charge in [-0.1, -0.05) is 46.3 Å². The molecule has 0 unspecified atom stereocenters. The van der Waals surface area contributed by atoms with Crippen LogP contribution in [0.1, 0.15) is 25.0 Å². The molecule has 1 heterocycles. The Morgan fingerprint density at radius 2 is 1.86 bits per heavy atom. The van der Waals surface area contributed by atoms with Crippen molar-refractivity contribution in [3.8, 4) is 17.3 Å². The number of ether oxygens (including phenoxy) is 1. The van der Waals surface area contributed by atoms with Crippen molar-refractivity contribution in [1.29, 1.82) is 0 Å². The monoisotopic (exact) mass is 457 g/mol. The van der Waals surface area contributed by atoms with Crippen LogP contribution >= 0.6 is 15.9 Å². The molecule has 2 N–H and O–H groups in total. The topological polar surface area (TPSA) is 96.7 Å². The third kappa shape index (κ3) is 4.32. The molecule has 0 atom stereocenters. The number of hydrogen-bond acceptors (Lipinski definition) is 5. The molecule has 0 aliphatic rings. The highest BCUT2D eigenvalue weighted by Gasteiger charge is 2.20. The second-order valence-corrected chi connectivity index (χ2v) is 7.04. The van der Waals surface area contributed by atoms with Gasteiger partial charge < -0.3 is 9.84 Å². The van der Waals surface area contributed by atoms with Crippen molar-refractivity contribution >= 4 is 21.6 Å². The molecule has 7 nitrogen and oxygen atoms in total. The van der Waals surface area contributed by atoms with Crippen LogP contribution in [0.5, 0.6) is 11.6 Å². The smallest absolute Gasteiger partial charge is 0.335 e. The number of H-pyrrole nitrogens is 1. The molecule has 0 saturated heterocycles. The van der Waals surface area contributed by atoms with Gasteiger partial charge in [-0.25, -0.2) is 9.36 Å². The maximum Gasteiger partial charge on any atom is 0.335 e. The number of para-hydroxylation sites is 2. The molecule has 1 aromatic heterocycles. The number of rotatable bonds is 6. The van der Waals surface area contributed by atoms with E-state index in [9.17, 15) is 14.7 Å². The van der Waals surface area contributed by atoms with E-state index in [4.69, 9.17) is 4.74 Å². The predicted molar refractivity (Wildman–Crippen MR) is 116 cm³/mol. The number of aromatic hydroxyl groups is 1. The fourth-order valence-corrected chi connectivity index (χ4v) is 3.31. The standard InChI is InChI=1S/C21H20BrN3O4/c1-3-29-17-11-7-6-10-16(17)25-20(27)18(19(26)24-21(25)28)13(2)23-12-14-8-4-5-9-15(14)22/h4-11,27H,3,12H2,1-2H3,(H,24,26,28). The first-order chi connectivity index (χ1) is 13.9. The number of halogens is 1. The minimum absolute atomic E-state index is 0.0667. The number of hydrogen-bond donors (Lipinski definition) is 2. The lowest BCUT2D eigenvalue weighted by molar-refractivity contribution is 0.336. The lowest BCUT2D eigenvalue weighted by Crippen LogP contribution is -2.33. The Kier molecular flexibility index (Phi) is 6.33. The van der Waals surface area contributed by atoms with Crippen molar-refractivity contribution in [3.63, 3.8) is 0 Å². The molecule has 8 heteroatoms. The Morgan fingerprint density at radius 3 is 2.59 bits per heavy atom. The fraction of sp³-hybridized carbons (Fsp3) is 0.190. The lowest BCUT2D eigenvalue weighted by Gasteiger charge is -2.15. The number of aromatic nitrogens is 2. The van der Waals surface area contributed by atoms with Gasteiger partial charge in [-0.05, 0) is 37.6 Å². The van der Waals surface area contributed by atoms with Gasteiger partial charge in [-0.3, -0.25) is 14.8 Å². The van der Waals surface area contributed by atoms with E-state index in [2.05, 4.69) is 25.9 Å². The largest absolute Gasteiger partial charge is 0.493 e. The highest BCUT2D eigenvalue weighted by molar-refractivity contribution is 9.10. The van der Waals surface area contributed by atoms with Crippen molar-refractivity contribution in [1.82, 2.24) is 9.55 Å². The Morgan fingerprint density at radius 1 is 1.17 bits per heavy atom. The van der Waals surface area contributed by atoms with Crippen LogP contribution in [0, 0.1) is 0 Å². The molecule has 0 bridgehead atoms. The Balaban J connectivity index is 2.11. The van der Waals surface area contributed by atoms with Gasteiger partial charge in [0.25, 0.3) is 5.56 Å². The van der Waals surface area contributed by atoms with Gasteiger partial charge in [0, 0.05) is 4.47 Å². The van der Waals surface area contributed by atoms with Crippen LogP contribution in [-0.4, -0.2) is 27.0 Å². The van der Waals surface area contributed by atoms with Crippen LogP contribution in [0.4, 0.5) is 0 Å². The highest BCUT2D eigenvalue weighted by Crippen LogP contribution is 2.26. The zero-order valence-corrected chi connectivity index (χ0v) is 17.6. The second kappa shape index (κ2) is 8.91. The van der Waals surface area contributed by atoms with E-state index in [0.717, 1.165) is 14.6 Å². The quantitative estimate of drug-likeness (QED) is 0.554. The maximum absolute atomic E-state index is 12.5. The summed E-state index contributed by atoms with van der Waals surface area (Å²) in [4.78, 5) is 31.6. The molecule has 29 heavy (non-hydrogen) atoms. The summed E-state index contributed by atoms with van der Waals surface area (Å²) >= 11 is 3.46. The van der Waals surface area contributed by atoms with E-state index < -0.39 is 17.1 Å². The van der Waals surface area contributed by atoms with Gasteiger partial charge in [0.05, 0.1) is 24.6 Å². The van der Waals surface area contributed by atoms with E-state index in [-0.39, 0.29) is 5.56 Å². The van der Waals surface area contributed by atoms with E-state index in [0.29, 0.717) is 30.3 Å². The van der Waals surface area contributed by atoms with Crippen LogP contribution in [-0.2, 0) is 6.54 Å². The molecule has 3 aromatic rings. The van der Waals surface area contributed by atoms with Gasteiger partial charge in [0.2, 0.25) is 5.88 Å². The number of nitrogens with zero attached hydrogens (tertiary/aromatic N) is 2. The van der Waals surface area contributed by atoms with E-state index in [1.165, 1.54) is 0 Å². The summed E-state index contributed by atoms with van der Waals surface area (Å²) in [5.74, 6) is -0.0764. The molecule has 150 valence electrons. The van der Waals surface area contributed by atoms with Crippen molar-refractivity contribution in [2.45, 2.75) is 20.4 Å². The molecule has 0 aliphatic carbocycles. The molecular formula is C21H20BrN3O4. The van der Waals surface area contributed by atoms with Gasteiger partial charge in [-0.15, -0.1) is 0 Å². The van der Waals surface area contributed by atoms with E-state index >= 15 is 0 Å². The number of aromatic amines is 1. The summed E-state index contributed by atoms with van der Waals surface area (Å²) in [6.07, 6.45) is 0. The molecule has 0 aliphatic heterocycles. The maximum atomic E-state index is 12.5. The number of aliphatic imine (C=N–C) groups is 1. The Bertz CT molecular complexity index is 1180. The summed E-state index contributed by atoms with van der Waals surface area (Å²) in [5, 5.41) is 10.8. The van der Waals surface area contributed by atoms with Gasteiger partial charge in [-0.2, -0.15) is 0 Å². The molecule has 0 fully saturated rings. The van der Waals surface area contributed by atoms with Crippen LogP contribution in [0.3, 0.4) is 0 Å². The fourth-order valence-electron chi connectivity index (χ4n) is 2.90. The van der Waals surface area contributed by atoms with Crippen molar-refractivity contribution in [3.05, 3.63) is 85.0 Å². The third-order valence-electron chi connectivity index (χ3n) is 4.30. The first kappa shape index (κ1) is 20.6. The Hall–Kier alpha value is -3.13. The molecule has 0 radical (unpaired) electrons. The van der Waals surface area contributed by atoms with Crippen LogP contribution in [0.2, 0.25) is 0 Å². The van der Waals surface area contributed by atoms with Gasteiger partial charge >= 0.3 is 5.69 Å². The summed E-state index contributed by atoms with van der Waals surface area (Å²) in [6.45, 7) is 4.12. The minimum atomic E-state index is -0.762. The van der Waals surface area contributed by atoms with Gasteiger partial charge in [0.15, 0.2) is 0 Å². The molecule has 0 saturated carbocycles. The summed E-state index contributed by atoms with van der Waals surface area (Å²) < 4.78 is 7.46. The third-order valence-corrected chi connectivity index (χ3v) is 5.07. The van der Waals surface area contributed by atoms with E-state index in [1.807, 2.05) is 31.2 Å². The predicted octanol–water partition coefficient (Wildman–Crippen LogP) is 3.40. The zero-order chi connectivity index (χ0) is 21.0. The first-order valence-corrected chi connectivity index (χ1v) is 9.78. The van der Waals surface area contributed by atoms with Crippen LogP contribution in [0.25, 0.3) is 5.69 Å². The van der Waals surface area contributed by atoms with Crippen LogP contribution in [0.15, 0.2) is 67.6 Å². The average Bonchev–Trinajstić information content (AvgIpc) is 2.68. The Labute approximate surface area is 175 Å².